The van der Waals surface area contributed by atoms with Crippen LogP contribution in [0.4, 0.5) is 4.79 Å². The van der Waals surface area contributed by atoms with E-state index in [2.05, 4.69) is 0 Å². The van der Waals surface area contributed by atoms with Gasteiger partial charge >= 0.3 is 12.1 Å². The summed E-state index contributed by atoms with van der Waals surface area (Å²) in [6.45, 7) is 3.38. The number of hydrogen-bond acceptors (Lipinski definition) is 3. The topological polar surface area (TPSA) is 66.8 Å². The molecule has 1 aromatic rings. The first-order chi connectivity index (χ1) is 7.90. The maximum atomic E-state index is 11.5. The van der Waals surface area contributed by atoms with E-state index in [0.29, 0.717) is 5.75 Å². The van der Waals surface area contributed by atoms with Gasteiger partial charge in [0.05, 0.1) is 0 Å². The highest BCUT2D eigenvalue weighted by molar-refractivity contribution is 5.77. The molecule has 0 heterocycles. The van der Waals surface area contributed by atoms with E-state index in [9.17, 15) is 9.59 Å². The largest absolute Gasteiger partial charge is 0.480 e. The maximum Gasteiger partial charge on any atom is 0.415 e. The van der Waals surface area contributed by atoms with E-state index in [1.54, 1.807) is 6.07 Å². The van der Waals surface area contributed by atoms with Gasteiger partial charge < -0.3 is 9.84 Å². The van der Waals surface area contributed by atoms with Gasteiger partial charge in [0.2, 0.25) is 0 Å². The number of rotatable bonds is 3. The van der Waals surface area contributed by atoms with Crippen molar-refractivity contribution in [2.75, 3.05) is 13.6 Å². The predicted molar refractivity (Wildman–Crippen MR) is 62.2 cm³/mol. The number of likely N-dealkylation sites (N-methyl/N-ethyl adjacent to an activating group) is 1. The van der Waals surface area contributed by atoms with Gasteiger partial charge in [-0.15, -0.1) is 0 Å². The van der Waals surface area contributed by atoms with Crippen LogP contribution >= 0.6 is 0 Å². The molecule has 5 heteroatoms. The molecule has 1 N–H and O–H groups in total. The molecule has 0 unspecified atom stereocenters. The van der Waals surface area contributed by atoms with Crippen molar-refractivity contribution in [1.29, 1.82) is 0 Å². The highest BCUT2D eigenvalue weighted by Crippen LogP contribution is 2.19. The fourth-order valence-electron chi connectivity index (χ4n) is 1.35. The van der Waals surface area contributed by atoms with E-state index >= 15 is 0 Å². The lowest BCUT2D eigenvalue weighted by Gasteiger charge is -2.15. The summed E-state index contributed by atoms with van der Waals surface area (Å²) in [5.41, 5.74) is 1.91. The van der Waals surface area contributed by atoms with Crippen LogP contribution in [0, 0.1) is 13.8 Å². The predicted octanol–water partition coefficient (Wildman–Crippen LogP) is 1.82. The number of amides is 1. The first-order valence-electron chi connectivity index (χ1n) is 5.12. The fourth-order valence-corrected chi connectivity index (χ4v) is 1.35. The quantitative estimate of drug-likeness (QED) is 0.870. The Morgan fingerprint density at radius 1 is 1.35 bits per heavy atom. The van der Waals surface area contributed by atoms with E-state index < -0.39 is 12.1 Å². The van der Waals surface area contributed by atoms with Gasteiger partial charge in [0.25, 0.3) is 0 Å². The van der Waals surface area contributed by atoms with E-state index in [-0.39, 0.29) is 6.54 Å². The molecule has 0 aromatic heterocycles. The first kappa shape index (κ1) is 13.0. The van der Waals surface area contributed by atoms with Crippen LogP contribution < -0.4 is 4.74 Å². The molecular formula is C12H15NO4. The van der Waals surface area contributed by atoms with Crippen molar-refractivity contribution in [2.24, 2.45) is 0 Å². The van der Waals surface area contributed by atoms with E-state index in [4.69, 9.17) is 9.84 Å². The molecule has 92 valence electrons. The first-order valence-corrected chi connectivity index (χ1v) is 5.12. The van der Waals surface area contributed by atoms with Gasteiger partial charge in [-0.05, 0) is 25.5 Å². The Balaban J connectivity index is 2.71. The molecule has 1 amide bonds. The SMILES string of the molecule is Cc1ccc(OC(=O)N(C)CC(=O)O)c(C)c1. The summed E-state index contributed by atoms with van der Waals surface area (Å²) < 4.78 is 5.09. The molecule has 0 aliphatic carbocycles. The van der Waals surface area contributed by atoms with Gasteiger partial charge in [-0.2, -0.15) is 0 Å². The monoisotopic (exact) mass is 237 g/mol. The van der Waals surface area contributed by atoms with Crippen LogP contribution in [0.3, 0.4) is 0 Å². The number of nitrogens with zero attached hydrogens (tertiary/aromatic N) is 1. The molecule has 0 atom stereocenters. The summed E-state index contributed by atoms with van der Waals surface area (Å²) in [6, 6.07) is 5.41. The van der Waals surface area contributed by atoms with Crippen molar-refractivity contribution in [2.45, 2.75) is 13.8 Å². The molecular weight excluding hydrogens is 222 g/mol. The van der Waals surface area contributed by atoms with Crippen LogP contribution in [0.5, 0.6) is 5.75 Å². The zero-order valence-corrected chi connectivity index (χ0v) is 10.1. The van der Waals surface area contributed by atoms with Crippen molar-refractivity contribution in [3.05, 3.63) is 29.3 Å². The second-order valence-corrected chi connectivity index (χ2v) is 3.89. The minimum Gasteiger partial charge on any atom is -0.480 e. The number of carboxylic acids is 1. The third-order valence-electron chi connectivity index (χ3n) is 2.21. The zero-order valence-electron chi connectivity index (χ0n) is 10.1. The van der Waals surface area contributed by atoms with Gasteiger partial charge in [0, 0.05) is 7.05 Å². The van der Waals surface area contributed by atoms with Gasteiger partial charge in [-0.1, -0.05) is 17.7 Å². The Bertz CT molecular complexity index is 442. The fraction of sp³-hybridized carbons (Fsp3) is 0.333. The summed E-state index contributed by atoms with van der Waals surface area (Å²) in [7, 11) is 1.37. The van der Waals surface area contributed by atoms with Crippen LogP contribution in [0.25, 0.3) is 0 Å². The van der Waals surface area contributed by atoms with Crippen molar-refractivity contribution in [3.8, 4) is 5.75 Å². The maximum absolute atomic E-state index is 11.5. The average Bonchev–Trinajstić information content (AvgIpc) is 2.21. The number of carbonyl (C=O) groups is 2. The molecule has 0 spiro atoms. The normalized spacial score (nSPS) is 9.82. The van der Waals surface area contributed by atoms with Crippen molar-refractivity contribution in [1.82, 2.24) is 4.90 Å². The van der Waals surface area contributed by atoms with Crippen LogP contribution in [-0.4, -0.2) is 35.7 Å². The average molecular weight is 237 g/mol. The molecule has 0 saturated heterocycles. The number of ether oxygens (including phenoxy) is 1. The Labute approximate surface area is 99.6 Å². The molecule has 17 heavy (non-hydrogen) atoms. The molecule has 0 radical (unpaired) electrons. The minimum absolute atomic E-state index is 0.385. The Kier molecular flexibility index (Phi) is 4.09. The summed E-state index contributed by atoms with van der Waals surface area (Å²) in [5.74, 6) is -0.636. The van der Waals surface area contributed by atoms with Gasteiger partial charge in [-0.25, -0.2) is 4.79 Å². The third-order valence-corrected chi connectivity index (χ3v) is 2.21. The second kappa shape index (κ2) is 5.34. The summed E-state index contributed by atoms with van der Waals surface area (Å²) in [4.78, 5) is 23.0. The number of aryl methyl sites for hydroxylation is 2. The van der Waals surface area contributed by atoms with Gasteiger partial charge in [0.15, 0.2) is 0 Å². The van der Waals surface area contributed by atoms with Crippen molar-refractivity contribution in [3.63, 3.8) is 0 Å². The Morgan fingerprint density at radius 3 is 2.53 bits per heavy atom. The Hall–Kier alpha value is -2.04. The lowest BCUT2D eigenvalue weighted by atomic mass is 10.1. The molecule has 0 fully saturated rings. The summed E-state index contributed by atoms with van der Waals surface area (Å²) in [6.07, 6.45) is -0.681. The van der Waals surface area contributed by atoms with E-state index in [0.717, 1.165) is 16.0 Å². The number of aliphatic carboxylic acids is 1. The number of benzene rings is 1. The smallest absolute Gasteiger partial charge is 0.415 e. The number of carbonyl (C=O) groups excluding carboxylic acids is 1. The van der Waals surface area contributed by atoms with Crippen molar-refractivity contribution < 1.29 is 19.4 Å². The van der Waals surface area contributed by atoms with Crippen LogP contribution in [0.1, 0.15) is 11.1 Å². The molecule has 0 saturated carbocycles. The van der Waals surface area contributed by atoms with Crippen LogP contribution in [0.2, 0.25) is 0 Å². The van der Waals surface area contributed by atoms with Gasteiger partial charge in [-0.3, -0.25) is 9.69 Å². The van der Waals surface area contributed by atoms with Crippen molar-refractivity contribution >= 4 is 12.1 Å². The molecule has 0 bridgehead atoms. The third kappa shape index (κ3) is 3.79. The standard InChI is InChI=1S/C12H15NO4/c1-8-4-5-10(9(2)6-8)17-12(16)13(3)7-11(14)15/h4-6H,7H2,1-3H3,(H,14,15). The lowest BCUT2D eigenvalue weighted by molar-refractivity contribution is -0.137. The summed E-state index contributed by atoms with van der Waals surface area (Å²) >= 11 is 0. The Morgan fingerprint density at radius 2 is 2.00 bits per heavy atom. The molecule has 0 aliphatic rings. The highest BCUT2D eigenvalue weighted by atomic mass is 16.6. The molecule has 0 aliphatic heterocycles. The van der Waals surface area contributed by atoms with Crippen LogP contribution in [-0.2, 0) is 4.79 Å². The lowest BCUT2D eigenvalue weighted by Crippen LogP contribution is -2.34. The summed E-state index contributed by atoms with van der Waals surface area (Å²) in [5, 5.41) is 8.54. The molecule has 5 nitrogen and oxygen atoms in total. The van der Waals surface area contributed by atoms with Gasteiger partial charge in [0.1, 0.15) is 12.3 Å². The number of hydrogen-bond donors (Lipinski definition) is 1. The highest BCUT2D eigenvalue weighted by Gasteiger charge is 2.15. The zero-order chi connectivity index (χ0) is 13.0. The van der Waals surface area contributed by atoms with E-state index in [1.807, 2.05) is 26.0 Å². The van der Waals surface area contributed by atoms with Crippen LogP contribution in [0.15, 0.2) is 18.2 Å². The molecule has 1 aromatic carbocycles. The second-order valence-electron chi connectivity index (χ2n) is 3.89. The molecule has 1 rings (SSSR count). The van der Waals surface area contributed by atoms with E-state index in [1.165, 1.54) is 7.05 Å². The number of carboxylic acid groups (broad SMARTS) is 1. The minimum atomic E-state index is -1.08.